The summed E-state index contributed by atoms with van der Waals surface area (Å²) in [5.41, 5.74) is 1.51. The third-order valence-corrected chi connectivity index (χ3v) is 5.52. The Balaban J connectivity index is 1.42. The van der Waals surface area contributed by atoms with Crippen molar-refractivity contribution < 1.29 is 19.1 Å². The predicted molar refractivity (Wildman–Crippen MR) is 118 cm³/mol. The maximum atomic E-state index is 12.8. The monoisotopic (exact) mass is 435 g/mol. The largest absolute Gasteiger partial charge is 0.497 e. The number of rotatable bonds is 7. The number of carbonyl (C=O) groups excluding carboxylic acids is 2. The summed E-state index contributed by atoms with van der Waals surface area (Å²) in [4.78, 5) is 35.6. The third-order valence-electron chi connectivity index (χ3n) is 5.52. The van der Waals surface area contributed by atoms with Gasteiger partial charge in [-0.05, 0) is 36.8 Å². The summed E-state index contributed by atoms with van der Waals surface area (Å²) in [6.07, 6.45) is 5.39. The summed E-state index contributed by atoms with van der Waals surface area (Å²) >= 11 is 0. The zero-order valence-corrected chi connectivity index (χ0v) is 18.2. The van der Waals surface area contributed by atoms with Gasteiger partial charge in [0.2, 0.25) is 11.8 Å². The first-order valence-corrected chi connectivity index (χ1v) is 10.3. The number of anilines is 1. The molecule has 1 aromatic carbocycles. The normalized spacial score (nSPS) is 15.7. The lowest BCUT2D eigenvalue weighted by atomic mass is 10.1. The topological polar surface area (TPSA) is 98.6 Å². The average Bonchev–Trinajstić information content (AvgIpc) is 3.42. The molecule has 1 saturated heterocycles. The second kappa shape index (κ2) is 9.09. The van der Waals surface area contributed by atoms with E-state index in [1.54, 1.807) is 49.7 Å². The van der Waals surface area contributed by atoms with Crippen LogP contribution in [0.5, 0.6) is 11.5 Å². The molecule has 0 radical (unpaired) electrons. The molecule has 0 saturated carbocycles. The lowest BCUT2D eigenvalue weighted by molar-refractivity contribution is -0.126. The molecule has 1 aliphatic heterocycles. The van der Waals surface area contributed by atoms with Gasteiger partial charge in [-0.1, -0.05) is 0 Å². The van der Waals surface area contributed by atoms with Gasteiger partial charge in [0.15, 0.2) is 0 Å². The smallest absolute Gasteiger partial charge is 0.227 e. The molecule has 32 heavy (non-hydrogen) atoms. The standard InChI is InChI=1S/C23H25N5O4/c1-15-24-8-9-27(15)21-10-16(6-7-25-21)13-26-23(30)17-11-22(29)28(14-17)19-12-18(31-2)4-5-20(19)32-3/h4-10,12,17H,11,13-14H2,1-3H3,(H,26,30). The minimum Gasteiger partial charge on any atom is -0.497 e. The van der Waals surface area contributed by atoms with Crippen LogP contribution in [0.4, 0.5) is 5.69 Å². The van der Waals surface area contributed by atoms with E-state index in [1.165, 1.54) is 0 Å². The summed E-state index contributed by atoms with van der Waals surface area (Å²) in [6, 6.07) is 9.01. The lowest BCUT2D eigenvalue weighted by Gasteiger charge is -2.20. The second-order valence-electron chi connectivity index (χ2n) is 7.53. The van der Waals surface area contributed by atoms with E-state index in [1.807, 2.05) is 29.8 Å². The zero-order chi connectivity index (χ0) is 22.7. The second-order valence-corrected chi connectivity index (χ2v) is 7.53. The average molecular weight is 435 g/mol. The Bertz CT molecular complexity index is 1140. The number of ether oxygens (including phenoxy) is 2. The number of methoxy groups -OCH3 is 2. The Morgan fingerprint density at radius 2 is 2.00 bits per heavy atom. The number of aromatic nitrogens is 3. The Morgan fingerprint density at radius 1 is 1.16 bits per heavy atom. The molecule has 4 rings (SSSR count). The fraction of sp³-hybridized carbons (Fsp3) is 0.304. The van der Waals surface area contributed by atoms with Crippen molar-refractivity contribution in [2.75, 3.05) is 25.7 Å². The van der Waals surface area contributed by atoms with Gasteiger partial charge in [0.1, 0.15) is 23.1 Å². The maximum Gasteiger partial charge on any atom is 0.227 e. The number of imidazole rings is 1. The van der Waals surface area contributed by atoms with Crippen molar-refractivity contribution in [3.05, 3.63) is 60.3 Å². The quantitative estimate of drug-likeness (QED) is 0.611. The van der Waals surface area contributed by atoms with Gasteiger partial charge >= 0.3 is 0 Å². The SMILES string of the molecule is COc1ccc(OC)c(N2CC(C(=O)NCc3ccnc(-n4ccnc4C)c3)CC2=O)c1. The van der Waals surface area contributed by atoms with Crippen molar-refractivity contribution in [1.29, 1.82) is 0 Å². The molecule has 1 N–H and O–H groups in total. The summed E-state index contributed by atoms with van der Waals surface area (Å²) < 4.78 is 12.5. The van der Waals surface area contributed by atoms with Gasteiger partial charge in [0, 0.05) is 44.2 Å². The van der Waals surface area contributed by atoms with E-state index in [2.05, 4.69) is 15.3 Å². The number of hydrogen-bond donors (Lipinski definition) is 1. The van der Waals surface area contributed by atoms with Crippen LogP contribution in [0.1, 0.15) is 17.8 Å². The van der Waals surface area contributed by atoms with Crippen LogP contribution >= 0.6 is 0 Å². The fourth-order valence-corrected chi connectivity index (χ4v) is 3.78. The third kappa shape index (κ3) is 4.27. The van der Waals surface area contributed by atoms with E-state index in [-0.39, 0.29) is 24.8 Å². The highest BCUT2D eigenvalue weighted by Gasteiger charge is 2.36. The van der Waals surface area contributed by atoms with E-state index < -0.39 is 5.92 Å². The number of nitrogens with one attached hydrogen (secondary N) is 1. The maximum absolute atomic E-state index is 12.8. The molecule has 0 bridgehead atoms. The van der Waals surface area contributed by atoms with Crippen LogP contribution < -0.4 is 19.7 Å². The molecule has 3 aromatic rings. The van der Waals surface area contributed by atoms with Gasteiger partial charge in [-0.25, -0.2) is 9.97 Å². The molecule has 2 aromatic heterocycles. The highest BCUT2D eigenvalue weighted by Crippen LogP contribution is 2.36. The Hall–Kier alpha value is -3.88. The van der Waals surface area contributed by atoms with E-state index in [0.29, 0.717) is 23.7 Å². The van der Waals surface area contributed by atoms with Crippen LogP contribution in [0.3, 0.4) is 0 Å². The number of carbonyl (C=O) groups is 2. The molecular weight excluding hydrogens is 410 g/mol. The fourth-order valence-electron chi connectivity index (χ4n) is 3.78. The van der Waals surface area contributed by atoms with Crippen LogP contribution in [0.25, 0.3) is 5.82 Å². The molecule has 1 fully saturated rings. The van der Waals surface area contributed by atoms with Crippen molar-refractivity contribution >= 4 is 17.5 Å². The molecule has 1 unspecified atom stereocenters. The minimum absolute atomic E-state index is 0.126. The molecule has 2 amide bonds. The summed E-state index contributed by atoms with van der Waals surface area (Å²) in [5, 5.41) is 2.95. The first kappa shape index (κ1) is 21.4. The molecule has 9 heteroatoms. The van der Waals surface area contributed by atoms with Gasteiger partial charge in [-0.3, -0.25) is 14.2 Å². The Labute approximate surface area is 186 Å². The zero-order valence-electron chi connectivity index (χ0n) is 18.2. The van der Waals surface area contributed by atoms with E-state index in [4.69, 9.17) is 9.47 Å². The van der Waals surface area contributed by atoms with Gasteiger partial charge in [-0.2, -0.15) is 0 Å². The van der Waals surface area contributed by atoms with Gasteiger partial charge in [0.05, 0.1) is 25.8 Å². The minimum atomic E-state index is -0.449. The molecule has 3 heterocycles. The molecule has 1 aliphatic rings. The number of benzene rings is 1. The number of nitrogens with zero attached hydrogens (tertiary/aromatic N) is 4. The van der Waals surface area contributed by atoms with E-state index >= 15 is 0 Å². The van der Waals surface area contributed by atoms with Crippen molar-refractivity contribution in [1.82, 2.24) is 19.9 Å². The van der Waals surface area contributed by atoms with Gasteiger partial charge in [-0.15, -0.1) is 0 Å². The number of amides is 2. The first-order chi connectivity index (χ1) is 15.5. The van der Waals surface area contributed by atoms with Crippen molar-refractivity contribution in [2.24, 2.45) is 5.92 Å². The van der Waals surface area contributed by atoms with Crippen molar-refractivity contribution in [3.63, 3.8) is 0 Å². The lowest BCUT2D eigenvalue weighted by Crippen LogP contribution is -2.32. The van der Waals surface area contributed by atoms with Crippen LogP contribution in [-0.4, -0.2) is 47.1 Å². The Kier molecular flexibility index (Phi) is 6.07. The molecule has 166 valence electrons. The number of hydrogen-bond acceptors (Lipinski definition) is 6. The van der Waals surface area contributed by atoms with Crippen molar-refractivity contribution in [3.8, 4) is 17.3 Å². The molecule has 9 nitrogen and oxygen atoms in total. The molecule has 1 atom stereocenters. The number of aryl methyl sites for hydroxylation is 1. The van der Waals surface area contributed by atoms with Gasteiger partial charge < -0.3 is 19.7 Å². The van der Waals surface area contributed by atoms with Crippen molar-refractivity contribution in [2.45, 2.75) is 19.9 Å². The predicted octanol–water partition coefficient (Wildman–Crippen LogP) is 2.26. The van der Waals surface area contributed by atoms with Gasteiger partial charge in [0.25, 0.3) is 0 Å². The summed E-state index contributed by atoms with van der Waals surface area (Å²) in [5.74, 6) is 1.99. The van der Waals surface area contributed by atoms with Crippen LogP contribution in [0.2, 0.25) is 0 Å². The van der Waals surface area contributed by atoms with Crippen LogP contribution in [-0.2, 0) is 16.1 Å². The summed E-state index contributed by atoms with van der Waals surface area (Å²) in [7, 11) is 3.11. The first-order valence-electron chi connectivity index (χ1n) is 10.3. The molecular formula is C23H25N5O4. The van der Waals surface area contributed by atoms with E-state index in [0.717, 1.165) is 17.2 Å². The molecule has 0 aliphatic carbocycles. The van der Waals surface area contributed by atoms with Crippen LogP contribution in [0, 0.1) is 12.8 Å². The summed E-state index contributed by atoms with van der Waals surface area (Å²) in [6.45, 7) is 2.52. The molecule has 0 spiro atoms. The van der Waals surface area contributed by atoms with E-state index in [9.17, 15) is 9.59 Å². The highest BCUT2D eigenvalue weighted by atomic mass is 16.5. The highest BCUT2D eigenvalue weighted by molar-refractivity contribution is 6.01. The number of pyridine rings is 1. The van der Waals surface area contributed by atoms with Crippen LogP contribution in [0.15, 0.2) is 48.9 Å². The Morgan fingerprint density at radius 3 is 2.72 bits per heavy atom.